The minimum Gasteiger partial charge on any atom is -0.496 e. The number of para-hydroxylation sites is 1. The van der Waals surface area contributed by atoms with Crippen LogP contribution in [0, 0.1) is 11.7 Å². The summed E-state index contributed by atoms with van der Waals surface area (Å²) in [7, 11) is 1.64. The summed E-state index contributed by atoms with van der Waals surface area (Å²) in [6.07, 6.45) is 3.90. The summed E-state index contributed by atoms with van der Waals surface area (Å²) in [6, 6.07) is 12.2. The van der Waals surface area contributed by atoms with Crippen molar-refractivity contribution in [2.75, 3.05) is 32.1 Å². The Balaban J connectivity index is 1.32. The molecule has 1 aliphatic rings. The molecule has 0 aliphatic carbocycles. The predicted octanol–water partition coefficient (Wildman–Crippen LogP) is 4.98. The molecule has 7 nitrogen and oxygen atoms in total. The zero-order valence-corrected chi connectivity index (χ0v) is 20.1. The molecular formula is C26H26FN5O2S. The number of rotatable bonds is 7. The van der Waals surface area contributed by atoms with Crippen LogP contribution in [0.1, 0.15) is 23.2 Å². The van der Waals surface area contributed by atoms with E-state index < -0.39 is 11.7 Å². The molecular weight excluding hydrogens is 465 g/mol. The highest BCUT2D eigenvalue weighted by molar-refractivity contribution is 7.17. The van der Waals surface area contributed by atoms with Crippen molar-refractivity contribution in [1.82, 2.24) is 20.6 Å². The molecule has 2 aromatic heterocycles. The van der Waals surface area contributed by atoms with Crippen LogP contribution in [-0.4, -0.2) is 42.6 Å². The Morgan fingerprint density at radius 1 is 1.26 bits per heavy atom. The number of anilines is 2. The average Bonchev–Trinajstić information content (AvgIpc) is 3.31. The Morgan fingerprint density at radius 2 is 2.14 bits per heavy atom. The molecule has 1 saturated heterocycles. The van der Waals surface area contributed by atoms with Gasteiger partial charge in [0.25, 0.3) is 5.91 Å². The first kappa shape index (κ1) is 23.2. The molecule has 3 N–H and O–H groups in total. The standard InChI is InChI=1S/C26H26FN5O2S/c1-34-22-7-3-2-6-18(22)20-15-35-23-14-30-26(32-24(20)23)31-17-8-9-19(21(27)11-17)25(33)29-13-16-5-4-10-28-12-16/h2-3,6-9,11,14-16,28H,4-5,10,12-13H2,1H3,(H,29,33)(H,30,31,32)/t16-/m0/s1. The number of nitrogens with zero attached hydrogens (tertiary/aromatic N) is 2. The van der Waals surface area contributed by atoms with E-state index in [9.17, 15) is 9.18 Å². The van der Waals surface area contributed by atoms with Crippen LogP contribution in [-0.2, 0) is 0 Å². The first-order valence-corrected chi connectivity index (χ1v) is 12.4. The second kappa shape index (κ2) is 10.4. The van der Waals surface area contributed by atoms with Crippen LogP contribution >= 0.6 is 11.3 Å². The Morgan fingerprint density at radius 3 is 2.94 bits per heavy atom. The molecule has 0 spiro atoms. The molecule has 1 aliphatic heterocycles. The quantitative estimate of drug-likeness (QED) is 0.338. The van der Waals surface area contributed by atoms with E-state index in [1.807, 2.05) is 29.6 Å². The number of benzene rings is 2. The molecule has 0 saturated carbocycles. The van der Waals surface area contributed by atoms with Crippen molar-refractivity contribution in [2.45, 2.75) is 12.8 Å². The van der Waals surface area contributed by atoms with Crippen molar-refractivity contribution in [3.63, 3.8) is 0 Å². The third kappa shape index (κ3) is 5.11. The van der Waals surface area contributed by atoms with Crippen LogP contribution in [0.3, 0.4) is 0 Å². The Bertz CT molecular complexity index is 1350. The highest BCUT2D eigenvalue weighted by Gasteiger charge is 2.18. The van der Waals surface area contributed by atoms with E-state index in [0.717, 1.165) is 53.0 Å². The summed E-state index contributed by atoms with van der Waals surface area (Å²) < 4.78 is 21.2. The van der Waals surface area contributed by atoms with E-state index in [1.54, 1.807) is 30.7 Å². The van der Waals surface area contributed by atoms with Crippen LogP contribution in [0.2, 0.25) is 0 Å². The van der Waals surface area contributed by atoms with Crippen LogP contribution in [0.5, 0.6) is 5.75 Å². The summed E-state index contributed by atoms with van der Waals surface area (Å²) in [5.41, 5.74) is 3.15. The van der Waals surface area contributed by atoms with Crippen molar-refractivity contribution in [3.8, 4) is 16.9 Å². The number of amides is 1. The third-order valence-corrected chi connectivity index (χ3v) is 7.04. The molecule has 0 radical (unpaired) electrons. The summed E-state index contributed by atoms with van der Waals surface area (Å²) in [5, 5.41) is 11.3. The van der Waals surface area contributed by atoms with Gasteiger partial charge in [-0.1, -0.05) is 18.2 Å². The molecule has 2 aromatic carbocycles. The number of carbonyl (C=O) groups is 1. The normalized spacial score (nSPS) is 15.7. The summed E-state index contributed by atoms with van der Waals surface area (Å²) >= 11 is 1.55. The van der Waals surface area contributed by atoms with Gasteiger partial charge in [0.05, 0.1) is 29.1 Å². The smallest absolute Gasteiger partial charge is 0.254 e. The van der Waals surface area contributed by atoms with Crippen molar-refractivity contribution < 1.29 is 13.9 Å². The summed E-state index contributed by atoms with van der Waals surface area (Å²) in [4.78, 5) is 21.5. The van der Waals surface area contributed by atoms with Crippen molar-refractivity contribution in [2.24, 2.45) is 5.92 Å². The Hall–Kier alpha value is -3.56. The van der Waals surface area contributed by atoms with Gasteiger partial charge >= 0.3 is 0 Å². The summed E-state index contributed by atoms with van der Waals surface area (Å²) in [6.45, 7) is 2.42. The van der Waals surface area contributed by atoms with Gasteiger partial charge in [0.2, 0.25) is 5.95 Å². The van der Waals surface area contributed by atoms with E-state index in [-0.39, 0.29) is 5.56 Å². The fraction of sp³-hybridized carbons (Fsp3) is 0.269. The third-order valence-electron chi connectivity index (χ3n) is 6.13. The fourth-order valence-electron chi connectivity index (χ4n) is 4.28. The van der Waals surface area contributed by atoms with E-state index >= 15 is 0 Å². The second-order valence-corrected chi connectivity index (χ2v) is 9.41. The molecule has 5 rings (SSSR count). The van der Waals surface area contributed by atoms with Crippen LogP contribution in [0.15, 0.2) is 54.0 Å². The van der Waals surface area contributed by atoms with Gasteiger partial charge in [-0.3, -0.25) is 4.79 Å². The maximum absolute atomic E-state index is 14.8. The molecule has 180 valence electrons. The Kier molecular flexibility index (Phi) is 6.87. The molecule has 4 aromatic rings. The number of halogens is 1. The number of piperidine rings is 1. The lowest BCUT2D eigenvalue weighted by Gasteiger charge is -2.22. The zero-order chi connectivity index (χ0) is 24.2. The van der Waals surface area contributed by atoms with Gasteiger partial charge < -0.3 is 20.7 Å². The number of hydrogen-bond acceptors (Lipinski definition) is 7. The van der Waals surface area contributed by atoms with Crippen LogP contribution in [0.4, 0.5) is 16.0 Å². The number of aromatic nitrogens is 2. The van der Waals surface area contributed by atoms with E-state index in [0.29, 0.717) is 24.1 Å². The largest absolute Gasteiger partial charge is 0.496 e. The molecule has 0 bridgehead atoms. The highest BCUT2D eigenvalue weighted by Crippen LogP contribution is 2.37. The van der Waals surface area contributed by atoms with Gasteiger partial charge in [-0.25, -0.2) is 14.4 Å². The maximum atomic E-state index is 14.8. The van der Waals surface area contributed by atoms with Gasteiger partial charge in [0, 0.05) is 28.7 Å². The molecule has 35 heavy (non-hydrogen) atoms. The van der Waals surface area contributed by atoms with Crippen molar-refractivity contribution in [1.29, 1.82) is 0 Å². The van der Waals surface area contributed by atoms with Crippen molar-refractivity contribution in [3.05, 3.63) is 65.4 Å². The first-order chi connectivity index (χ1) is 17.1. The first-order valence-electron chi connectivity index (χ1n) is 11.6. The monoisotopic (exact) mass is 491 g/mol. The van der Waals surface area contributed by atoms with E-state index in [2.05, 4.69) is 25.9 Å². The van der Waals surface area contributed by atoms with Gasteiger partial charge in [-0.05, 0) is 56.1 Å². The number of nitrogens with one attached hydrogen (secondary N) is 3. The van der Waals surface area contributed by atoms with E-state index in [1.165, 1.54) is 12.1 Å². The topological polar surface area (TPSA) is 88.2 Å². The van der Waals surface area contributed by atoms with Crippen LogP contribution < -0.4 is 20.7 Å². The van der Waals surface area contributed by atoms with Gasteiger partial charge in [-0.2, -0.15) is 0 Å². The van der Waals surface area contributed by atoms with Gasteiger partial charge in [-0.15, -0.1) is 11.3 Å². The number of ether oxygens (including phenoxy) is 1. The van der Waals surface area contributed by atoms with Gasteiger partial charge in [0.1, 0.15) is 11.6 Å². The molecule has 9 heteroatoms. The Labute approximate surface area is 206 Å². The lowest BCUT2D eigenvalue weighted by Crippen LogP contribution is -2.38. The number of hydrogen-bond donors (Lipinski definition) is 3. The number of carbonyl (C=O) groups excluding carboxylic acids is 1. The maximum Gasteiger partial charge on any atom is 0.254 e. The second-order valence-electron chi connectivity index (χ2n) is 8.50. The minimum absolute atomic E-state index is 0.0204. The number of methoxy groups -OCH3 is 1. The van der Waals surface area contributed by atoms with E-state index in [4.69, 9.17) is 4.74 Å². The van der Waals surface area contributed by atoms with Crippen LogP contribution in [0.25, 0.3) is 21.3 Å². The molecule has 0 unspecified atom stereocenters. The SMILES string of the molecule is COc1ccccc1-c1csc2cnc(Nc3ccc(C(=O)NC[C@H]4CCCNC4)c(F)c3)nc12. The zero-order valence-electron chi connectivity index (χ0n) is 19.3. The lowest BCUT2D eigenvalue weighted by atomic mass is 9.99. The molecule has 3 heterocycles. The number of thiophene rings is 1. The molecule has 1 atom stereocenters. The molecule has 1 fully saturated rings. The predicted molar refractivity (Wildman–Crippen MR) is 137 cm³/mol. The minimum atomic E-state index is -0.597. The summed E-state index contributed by atoms with van der Waals surface area (Å²) in [5.74, 6) is 0.476. The highest BCUT2D eigenvalue weighted by atomic mass is 32.1. The fourth-order valence-corrected chi connectivity index (χ4v) is 5.15. The lowest BCUT2D eigenvalue weighted by molar-refractivity contribution is 0.0941. The van der Waals surface area contributed by atoms with Crippen molar-refractivity contribution >= 4 is 39.1 Å². The molecule has 1 amide bonds. The van der Waals surface area contributed by atoms with Gasteiger partial charge in [0.15, 0.2) is 0 Å². The number of fused-ring (bicyclic) bond motifs is 1. The average molecular weight is 492 g/mol.